The second-order valence-electron chi connectivity index (χ2n) is 6.14. The molecule has 0 atom stereocenters. The lowest BCUT2D eigenvalue weighted by Gasteiger charge is -2.07. The quantitative estimate of drug-likeness (QED) is 0.719. The number of aryl methyl sites for hydroxylation is 2. The molecule has 0 fully saturated rings. The van der Waals surface area contributed by atoms with Crippen molar-refractivity contribution in [1.82, 2.24) is 4.57 Å². The molecule has 9 heteroatoms. The van der Waals surface area contributed by atoms with E-state index in [-0.39, 0.29) is 22.6 Å². The van der Waals surface area contributed by atoms with E-state index in [2.05, 4.69) is 5.32 Å². The molecule has 0 radical (unpaired) electrons. The fourth-order valence-electron chi connectivity index (χ4n) is 2.55. The van der Waals surface area contributed by atoms with Crippen molar-refractivity contribution >= 4 is 32.5 Å². The molecule has 3 aromatic rings. The van der Waals surface area contributed by atoms with Gasteiger partial charge >= 0.3 is 5.76 Å². The third-order valence-electron chi connectivity index (χ3n) is 4.18. The van der Waals surface area contributed by atoms with E-state index in [1.165, 1.54) is 48.0 Å². The van der Waals surface area contributed by atoms with Gasteiger partial charge in [0.25, 0.3) is 0 Å². The molecule has 27 heavy (non-hydrogen) atoms. The van der Waals surface area contributed by atoms with Gasteiger partial charge in [-0.05, 0) is 36.8 Å². The van der Waals surface area contributed by atoms with Gasteiger partial charge in [0.05, 0.1) is 16.2 Å². The highest BCUT2D eigenvalue weighted by atomic mass is 32.2. The highest BCUT2D eigenvalue weighted by Crippen LogP contribution is 2.20. The van der Waals surface area contributed by atoms with Crippen molar-refractivity contribution in [2.24, 2.45) is 7.05 Å². The molecule has 0 saturated heterocycles. The second-order valence-corrected chi connectivity index (χ2v) is 8.25. The Hall–Kier alpha value is -2.94. The summed E-state index contributed by atoms with van der Waals surface area (Å²) in [5.41, 5.74) is 1.33. The standard InChI is InChI=1S/C18H17FN2O5S/c1-11-3-4-12(9-14(11)19)20-17(22)7-8-27(24,25)13-5-6-15-16(10-13)26-18(23)21(15)2/h3-6,9-10H,7-8H2,1-2H3,(H,20,22). The summed E-state index contributed by atoms with van der Waals surface area (Å²) in [5, 5.41) is 2.47. The van der Waals surface area contributed by atoms with Gasteiger partial charge in [-0.3, -0.25) is 9.36 Å². The van der Waals surface area contributed by atoms with Crippen LogP contribution in [0.2, 0.25) is 0 Å². The third kappa shape index (κ3) is 3.92. The first-order valence-corrected chi connectivity index (χ1v) is 9.71. The zero-order chi connectivity index (χ0) is 19.8. The molecule has 0 saturated carbocycles. The van der Waals surface area contributed by atoms with Crippen LogP contribution < -0.4 is 11.1 Å². The Morgan fingerprint density at radius 2 is 1.96 bits per heavy atom. The molecule has 1 aromatic heterocycles. The van der Waals surface area contributed by atoms with Gasteiger partial charge in [-0.25, -0.2) is 17.6 Å². The highest BCUT2D eigenvalue weighted by molar-refractivity contribution is 7.91. The molecule has 0 aliphatic rings. The Balaban J connectivity index is 1.71. The lowest BCUT2D eigenvalue weighted by molar-refractivity contribution is -0.115. The largest absolute Gasteiger partial charge is 0.419 e. The van der Waals surface area contributed by atoms with E-state index in [0.717, 1.165) is 0 Å². The van der Waals surface area contributed by atoms with Gasteiger partial charge in [0.1, 0.15) is 5.82 Å². The van der Waals surface area contributed by atoms with Crippen molar-refractivity contribution in [3.8, 4) is 0 Å². The molecule has 0 aliphatic heterocycles. The first-order chi connectivity index (χ1) is 12.7. The van der Waals surface area contributed by atoms with E-state index >= 15 is 0 Å². The number of oxazole rings is 1. The molecule has 1 amide bonds. The molecule has 142 valence electrons. The minimum atomic E-state index is -3.76. The first kappa shape index (κ1) is 18.8. The van der Waals surface area contributed by atoms with E-state index in [1.807, 2.05) is 0 Å². The maximum Gasteiger partial charge on any atom is 0.419 e. The van der Waals surface area contributed by atoms with Crippen molar-refractivity contribution in [2.45, 2.75) is 18.2 Å². The molecular weight excluding hydrogens is 375 g/mol. The molecule has 3 rings (SSSR count). The Morgan fingerprint density at radius 1 is 1.22 bits per heavy atom. The van der Waals surface area contributed by atoms with Crippen LogP contribution in [0.25, 0.3) is 11.1 Å². The fraction of sp³-hybridized carbons (Fsp3) is 0.222. The number of nitrogens with zero attached hydrogens (tertiary/aromatic N) is 1. The van der Waals surface area contributed by atoms with Crippen molar-refractivity contribution in [1.29, 1.82) is 0 Å². The normalized spacial score (nSPS) is 11.7. The van der Waals surface area contributed by atoms with Gasteiger partial charge < -0.3 is 9.73 Å². The monoisotopic (exact) mass is 392 g/mol. The first-order valence-electron chi connectivity index (χ1n) is 8.06. The lowest BCUT2D eigenvalue weighted by atomic mass is 10.2. The predicted molar refractivity (Wildman–Crippen MR) is 97.9 cm³/mol. The van der Waals surface area contributed by atoms with Crippen molar-refractivity contribution in [3.05, 3.63) is 58.3 Å². The summed E-state index contributed by atoms with van der Waals surface area (Å²) in [6.45, 7) is 1.60. The van der Waals surface area contributed by atoms with Crippen molar-refractivity contribution in [2.75, 3.05) is 11.1 Å². The predicted octanol–water partition coefficient (Wildman–Crippen LogP) is 2.38. The molecule has 2 aromatic carbocycles. The number of hydrogen-bond donors (Lipinski definition) is 1. The van der Waals surface area contributed by atoms with Crippen LogP contribution in [0.15, 0.2) is 50.5 Å². The van der Waals surface area contributed by atoms with Gasteiger partial charge in [-0.1, -0.05) is 6.07 Å². The number of carbonyl (C=O) groups excluding carboxylic acids is 1. The summed E-state index contributed by atoms with van der Waals surface area (Å²) in [6, 6.07) is 8.33. The Morgan fingerprint density at radius 3 is 2.67 bits per heavy atom. The number of hydrogen-bond acceptors (Lipinski definition) is 5. The number of anilines is 1. The number of carbonyl (C=O) groups is 1. The Kier molecular flexibility index (Phi) is 4.88. The summed E-state index contributed by atoms with van der Waals surface area (Å²) in [5.74, 6) is -2.04. The van der Waals surface area contributed by atoms with Gasteiger partial charge in [0.2, 0.25) is 5.91 Å². The molecule has 0 bridgehead atoms. The van der Waals surface area contributed by atoms with E-state index in [0.29, 0.717) is 11.1 Å². The average molecular weight is 392 g/mol. The van der Waals surface area contributed by atoms with Gasteiger partial charge in [-0.15, -0.1) is 0 Å². The van der Waals surface area contributed by atoms with Crippen LogP contribution >= 0.6 is 0 Å². The number of benzene rings is 2. The van der Waals surface area contributed by atoms with E-state index in [9.17, 15) is 22.4 Å². The van der Waals surface area contributed by atoms with E-state index in [1.54, 1.807) is 6.92 Å². The number of amides is 1. The minimum Gasteiger partial charge on any atom is -0.408 e. The molecule has 1 heterocycles. The SMILES string of the molecule is Cc1ccc(NC(=O)CCS(=O)(=O)c2ccc3c(c2)oc(=O)n3C)cc1F. The van der Waals surface area contributed by atoms with Crippen LogP contribution in [0.4, 0.5) is 10.1 Å². The van der Waals surface area contributed by atoms with Crippen LogP contribution in [-0.4, -0.2) is 24.6 Å². The minimum absolute atomic E-state index is 0.0430. The van der Waals surface area contributed by atoms with Crippen LogP contribution in [0.3, 0.4) is 0 Å². The van der Waals surface area contributed by atoms with E-state index < -0.39 is 33.1 Å². The lowest BCUT2D eigenvalue weighted by Crippen LogP contribution is -2.17. The molecule has 0 unspecified atom stereocenters. The number of aromatic nitrogens is 1. The zero-order valence-corrected chi connectivity index (χ0v) is 15.5. The number of rotatable bonds is 5. The molecule has 0 aliphatic carbocycles. The number of nitrogens with one attached hydrogen (secondary N) is 1. The topological polar surface area (TPSA) is 98.4 Å². The van der Waals surface area contributed by atoms with Crippen LogP contribution in [0, 0.1) is 12.7 Å². The third-order valence-corrected chi connectivity index (χ3v) is 5.89. The number of fused-ring (bicyclic) bond motifs is 1. The smallest absolute Gasteiger partial charge is 0.408 e. The van der Waals surface area contributed by atoms with Gasteiger partial charge in [0.15, 0.2) is 15.4 Å². The van der Waals surface area contributed by atoms with Crippen molar-refractivity contribution < 1.29 is 22.0 Å². The van der Waals surface area contributed by atoms with Gasteiger partial charge in [0, 0.05) is 25.2 Å². The molecule has 0 spiro atoms. The van der Waals surface area contributed by atoms with Crippen LogP contribution in [0.1, 0.15) is 12.0 Å². The molecular formula is C18H17FN2O5S. The summed E-state index contributed by atoms with van der Waals surface area (Å²) < 4.78 is 44.7. The number of sulfone groups is 1. The number of halogens is 1. The van der Waals surface area contributed by atoms with E-state index in [4.69, 9.17) is 4.42 Å². The van der Waals surface area contributed by atoms with Gasteiger partial charge in [-0.2, -0.15) is 0 Å². The molecule has 7 nitrogen and oxygen atoms in total. The Labute approximate surface area is 154 Å². The average Bonchev–Trinajstić information content (AvgIpc) is 2.90. The van der Waals surface area contributed by atoms with Crippen LogP contribution in [-0.2, 0) is 21.7 Å². The van der Waals surface area contributed by atoms with Crippen molar-refractivity contribution in [3.63, 3.8) is 0 Å². The maximum atomic E-state index is 13.5. The fourth-order valence-corrected chi connectivity index (χ4v) is 3.80. The summed E-state index contributed by atoms with van der Waals surface area (Å²) >= 11 is 0. The van der Waals surface area contributed by atoms with Crippen LogP contribution in [0.5, 0.6) is 0 Å². The zero-order valence-electron chi connectivity index (χ0n) is 14.7. The molecule has 1 N–H and O–H groups in total. The second kappa shape index (κ2) is 6.99. The Bertz CT molecular complexity index is 1190. The summed E-state index contributed by atoms with van der Waals surface area (Å²) in [4.78, 5) is 23.4. The summed E-state index contributed by atoms with van der Waals surface area (Å²) in [7, 11) is -2.25. The maximum absolute atomic E-state index is 13.5. The summed E-state index contributed by atoms with van der Waals surface area (Å²) in [6.07, 6.45) is -0.297. The highest BCUT2D eigenvalue weighted by Gasteiger charge is 2.19.